The summed E-state index contributed by atoms with van der Waals surface area (Å²) in [5, 5.41) is 12.8. The van der Waals surface area contributed by atoms with E-state index in [1.807, 2.05) is 31.2 Å². The smallest absolute Gasteiger partial charge is 0.251 e. The maximum Gasteiger partial charge on any atom is 0.251 e. The van der Waals surface area contributed by atoms with E-state index in [1.165, 1.54) is 25.7 Å². The molecule has 2 aromatic rings. The van der Waals surface area contributed by atoms with E-state index in [0.717, 1.165) is 34.9 Å². The van der Waals surface area contributed by atoms with E-state index in [2.05, 4.69) is 26.3 Å². The fourth-order valence-electron chi connectivity index (χ4n) is 3.52. The van der Waals surface area contributed by atoms with E-state index < -0.39 is 0 Å². The zero-order chi connectivity index (χ0) is 17.6. The molecule has 1 N–H and O–H groups in total. The lowest BCUT2D eigenvalue weighted by atomic mass is 10.1. The number of rotatable bonds is 7. The Labute approximate surface area is 153 Å². The molecule has 1 aromatic carbocycles. The first-order valence-electron chi connectivity index (χ1n) is 9.02. The Morgan fingerprint density at radius 1 is 1.28 bits per heavy atom. The molecule has 0 spiro atoms. The molecule has 1 saturated carbocycles. The summed E-state index contributed by atoms with van der Waals surface area (Å²) in [6.07, 6.45) is 8.81. The third kappa shape index (κ3) is 4.24. The van der Waals surface area contributed by atoms with Gasteiger partial charge in [0.25, 0.3) is 5.91 Å². The minimum Gasteiger partial charge on any atom is -0.352 e. The van der Waals surface area contributed by atoms with Crippen LogP contribution in [0.5, 0.6) is 0 Å². The van der Waals surface area contributed by atoms with Gasteiger partial charge in [-0.2, -0.15) is 0 Å². The molecule has 1 fully saturated rings. The van der Waals surface area contributed by atoms with Gasteiger partial charge in [-0.25, -0.2) is 0 Å². The average molecular weight is 359 g/mol. The van der Waals surface area contributed by atoms with Gasteiger partial charge in [-0.15, -0.1) is 10.2 Å². The van der Waals surface area contributed by atoms with Gasteiger partial charge in [0, 0.05) is 24.6 Å². The van der Waals surface area contributed by atoms with Crippen molar-refractivity contribution in [3.05, 3.63) is 41.2 Å². The van der Waals surface area contributed by atoms with Gasteiger partial charge >= 0.3 is 0 Å². The number of aromatic nitrogens is 3. The maximum absolute atomic E-state index is 12.3. The van der Waals surface area contributed by atoms with Crippen molar-refractivity contribution in [1.29, 1.82) is 0 Å². The number of amides is 1. The van der Waals surface area contributed by atoms with Crippen molar-refractivity contribution < 1.29 is 4.79 Å². The molecule has 0 bridgehead atoms. The second-order valence-corrected chi connectivity index (χ2v) is 7.36. The molecule has 0 atom stereocenters. The van der Waals surface area contributed by atoms with Crippen LogP contribution in [0.25, 0.3) is 0 Å². The Bertz CT molecular complexity index is 722. The number of hydrogen-bond acceptors (Lipinski definition) is 4. The van der Waals surface area contributed by atoms with Gasteiger partial charge in [-0.05, 0) is 44.1 Å². The molecule has 0 unspecified atom stereocenters. The summed E-state index contributed by atoms with van der Waals surface area (Å²) >= 11 is 1.67. The SMILES string of the molecule is CSc1nnc(CCCNC(=O)c2ccccc2C)n1C1CCCC1. The molecule has 1 heterocycles. The number of aryl methyl sites for hydroxylation is 2. The molecule has 134 valence electrons. The molecular formula is C19H26N4OS. The summed E-state index contributed by atoms with van der Waals surface area (Å²) in [5.74, 6) is 1.06. The molecule has 5 nitrogen and oxygen atoms in total. The molecule has 0 radical (unpaired) electrons. The van der Waals surface area contributed by atoms with Crippen LogP contribution in [-0.4, -0.2) is 33.5 Å². The van der Waals surface area contributed by atoms with Crippen molar-refractivity contribution >= 4 is 17.7 Å². The number of nitrogens with zero attached hydrogens (tertiary/aromatic N) is 3. The summed E-state index contributed by atoms with van der Waals surface area (Å²) in [7, 11) is 0. The van der Waals surface area contributed by atoms with Crippen LogP contribution < -0.4 is 5.32 Å². The topological polar surface area (TPSA) is 59.8 Å². The summed E-state index contributed by atoms with van der Waals surface area (Å²) in [6.45, 7) is 2.61. The first kappa shape index (κ1) is 18.0. The highest BCUT2D eigenvalue weighted by Gasteiger charge is 2.23. The molecular weight excluding hydrogens is 332 g/mol. The zero-order valence-corrected chi connectivity index (χ0v) is 15.8. The average Bonchev–Trinajstić information content (AvgIpc) is 3.27. The van der Waals surface area contributed by atoms with Crippen molar-refractivity contribution in [2.24, 2.45) is 0 Å². The number of benzene rings is 1. The van der Waals surface area contributed by atoms with Crippen LogP contribution in [0.1, 0.15) is 59.9 Å². The second-order valence-electron chi connectivity index (χ2n) is 6.59. The van der Waals surface area contributed by atoms with Crippen molar-refractivity contribution in [2.75, 3.05) is 12.8 Å². The van der Waals surface area contributed by atoms with Gasteiger partial charge in [-0.1, -0.05) is 42.8 Å². The lowest BCUT2D eigenvalue weighted by molar-refractivity contribution is 0.0952. The van der Waals surface area contributed by atoms with Crippen LogP contribution in [-0.2, 0) is 6.42 Å². The highest BCUT2D eigenvalue weighted by molar-refractivity contribution is 7.98. The maximum atomic E-state index is 12.3. The first-order valence-corrected chi connectivity index (χ1v) is 10.2. The van der Waals surface area contributed by atoms with Gasteiger partial charge in [0.1, 0.15) is 5.82 Å². The molecule has 1 aliphatic carbocycles. The summed E-state index contributed by atoms with van der Waals surface area (Å²) in [6, 6.07) is 8.23. The number of thioether (sulfide) groups is 1. The van der Waals surface area contributed by atoms with Gasteiger partial charge in [0.2, 0.25) is 0 Å². The largest absolute Gasteiger partial charge is 0.352 e. The van der Waals surface area contributed by atoms with Gasteiger partial charge < -0.3 is 9.88 Å². The zero-order valence-electron chi connectivity index (χ0n) is 15.0. The Kier molecular flexibility index (Phi) is 6.13. The van der Waals surface area contributed by atoms with Crippen molar-refractivity contribution in [2.45, 2.75) is 56.6 Å². The third-order valence-electron chi connectivity index (χ3n) is 4.86. The fourth-order valence-corrected chi connectivity index (χ4v) is 4.09. The molecule has 6 heteroatoms. The van der Waals surface area contributed by atoms with E-state index in [4.69, 9.17) is 0 Å². The van der Waals surface area contributed by atoms with Crippen LogP contribution in [0.15, 0.2) is 29.4 Å². The number of hydrogen-bond donors (Lipinski definition) is 1. The standard InChI is InChI=1S/C19H26N4OS/c1-14-8-3-6-11-16(14)18(24)20-13-7-12-17-21-22-19(25-2)23(17)15-9-4-5-10-15/h3,6,8,11,15H,4-5,7,9-10,12-13H2,1-2H3,(H,20,24). The highest BCUT2D eigenvalue weighted by atomic mass is 32.2. The van der Waals surface area contributed by atoms with Crippen LogP contribution in [0, 0.1) is 6.92 Å². The van der Waals surface area contributed by atoms with Crippen LogP contribution in [0.4, 0.5) is 0 Å². The highest BCUT2D eigenvalue weighted by Crippen LogP contribution is 2.33. The third-order valence-corrected chi connectivity index (χ3v) is 5.50. The molecule has 1 aromatic heterocycles. The summed E-state index contributed by atoms with van der Waals surface area (Å²) < 4.78 is 2.33. The molecule has 0 aliphatic heterocycles. The van der Waals surface area contributed by atoms with Gasteiger partial charge in [0.15, 0.2) is 5.16 Å². The van der Waals surface area contributed by atoms with E-state index in [1.54, 1.807) is 11.8 Å². The van der Waals surface area contributed by atoms with E-state index in [0.29, 0.717) is 12.6 Å². The van der Waals surface area contributed by atoms with Crippen LogP contribution in [0.3, 0.4) is 0 Å². The van der Waals surface area contributed by atoms with Crippen molar-refractivity contribution in [3.8, 4) is 0 Å². The number of carbonyl (C=O) groups is 1. The Morgan fingerprint density at radius 3 is 2.76 bits per heavy atom. The summed E-state index contributed by atoms with van der Waals surface area (Å²) in [4.78, 5) is 12.3. The minimum atomic E-state index is 0.000150. The lowest BCUT2D eigenvalue weighted by Gasteiger charge is -2.16. The Hall–Kier alpha value is -1.82. The first-order chi connectivity index (χ1) is 12.2. The predicted molar refractivity (Wildman–Crippen MR) is 101 cm³/mol. The van der Waals surface area contributed by atoms with Gasteiger partial charge in [0.05, 0.1) is 0 Å². The molecule has 1 amide bonds. The normalized spacial score (nSPS) is 14.8. The van der Waals surface area contributed by atoms with E-state index in [-0.39, 0.29) is 5.91 Å². The molecule has 25 heavy (non-hydrogen) atoms. The Morgan fingerprint density at radius 2 is 2.04 bits per heavy atom. The van der Waals surface area contributed by atoms with Crippen molar-refractivity contribution in [1.82, 2.24) is 20.1 Å². The lowest BCUT2D eigenvalue weighted by Crippen LogP contribution is -2.25. The van der Waals surface area contributed by atoms with E-state index in [9.17, 15) is 4.79 Å². The molecule has 1 aliphatic rings. The summed E-state index contributed by atoms with van der Waals surface area (Å²) in [5.41, 5.74) is 1.76. The Balaban J connectivity index is 1.55. The number of carbonyl (C=O) groups excluding carboxylic acids is 1. The van der Waals surface area contributed by atoms with Gasteiger partial charge in [-0.3, -0.25) is 4.79 Å². The van der Waals surface area contributed by atoms with Crippen molar-refractivity contribution in [3.63, 3.8) is 0 Å². The van der Waals surface area contributed by atoms with E-state index >= 15 is 0 Å². The fraction of sp³-hybridized carbons (Fsp3) is 0.526. The predicted octanol–water partition coefficient (Wildman–Crippen LogP) is 3.79. The van der Waals surface area contributed by atoms with Crippen LogP contribution in [0.2, 0.25) is 0 Å². The second kappa shape index (κ2) is 8.52. The quantitative estimate of drug-likeness (QED) is 0.604. The van der Waals surface area contributed by atoms with Crippen LogP contribution >= 0.6 is 11.8 Å². The molecule has 0 saturated heterocycles. The molecule has 3 rings (SSSR count). The monoisotopic (exact) mass is 358 g/mol. The number of nitrogens with one attached hydrogen (secondary N) is 1. The minimum absolute atomic E-state index is 0.000150.